The zero-order valence-corrected chi connectivity index (χ0v) is 10.3. The maximum absolute atomic E-state index is 11.2. The van der Waals surface area contributed by atoms with E-state index < -0.39 is 5.60 Å². The summed E-state index contributed by atoms with van der Waals surface area (Å²) in [6.45, 7) is 8.09. The monoisotopic (exact) mass is 220 g/mol. The van der Waals surface area contributed by atoms with Crippen LogP contribution in [0.4, 0.5) is 4.79 Å². The molecule has 1 unspecified atom stereocenters. The summed E-state index contributed by atoms with van der Waals surface area (Å²) < 4.78 is 8.19. The molecule has 0 spiro atoms. The van der Waals surface area contributed by atoms with Crippen LogP contribution in [0.2, 0.25) is 0 Å². The molecule has 84 valence electrons. The molecule has 0 aromatic heterocycles. The summed E-state index contributed by atoms with van der Waals surface area (Å²) in [5, 5.41) is 2.69. The summed E-state index contributed by atoms with van der Waals surface area (Å²) in [6.07, 6.45) is 1.58. The van der Waals surface area contributed by atoms with Crippen LogP contribution in [0.1, 0.15) is 27.7 Å². The maximum atomic E-state index is 11.2. The molecule has 0 heterocycles. The standard InChI is InChI=1S/C9H20N2O2S/c1-7(11-14-5)6-10-8(12)13-9(2,3)4/h7,11H,6H2,1-5H3,(H,10,12). The molecule has 0 saturated carbocycles. The van der Waals surface area contributed by atoms with Crippen molar-refractivity contribution in [1.82, 2.24) is 10.0 Å². The van der Waals surface area contributed by atoms with Gasteiger partial charge in [-0.1, -0.05) is 11.9 Å². The first-order chi connectivity index (χ1) is 6.35. The van der Waals surface area contributed by atoms with Gasteiger partial charge in [-0.3, -0.25) is 4.72 Å². The zero-order chi connectivity index (χ0) is 11.2. The molecule has 14 heavy (non-hydrogen) atoms. The Kier molecular flexibility index (Phi) is 5.95. The first kappa shape index (κ1) is 13.6. The van der Waals surface area contributed by atoms with E-state index in [4.69, 9.17) is 4.74 Å². The molecule has 4 nitrogen and oxygen atoms in total. The third kappa shape index (κ3) is 8.19. The lowest BCUT2D eigenvalue weighted by Gasteiger charge is -2.20. The second-order valence-electron chi connectivity index (χ2n) is 4.11. The van der Waals surface area contributed by atoms with E-state index in [1.807, 2.05) is 34.0 Å². The van der Waals surface area contributed by atoms with Crippen molar-refractivity contribution in [2.75, 3.05) is 12.8 Å². The summed E-state index contributed by atoms with van der Waals surface area (Å²) in [6, 6.07) is 0.234. The molecule has 0 saturated heterocycles. The molecular formula is C9H20N2O2S. The number of hydrogen-bond donors (Lipinski definition) is 2. The highest BCUT2D eigenvalue weighted by atomic mass is 32.2. The lowest BCUT2D eigenvalue weighted by atomic mass is 10.2. The molecule has 1 amide bonds. The van der Waals surface area contributed by atoms with E-state index in [1.165, 1.54) is 11.9 Å². The van der Waals surface area contributed by atoms with Crippen LogP contribution < -0.4 is 10.0 Å². The summed E-state index contributed by atoms with van der Waals surface area (Å²) in [5.74, 6) is 0. The van der Waals surface area contributed by atoms with Gasteiger partial charge in [-0.2, -0.15) is 0 Å². The largest absolute Gasteiger partial charge is 0.444 e. The number of hydrogen-bond acceptors (Lipinski definition) is 4. The number of carbonyl (C=O) groups excluding carboxylic acids is 1. The Morgan fingerprint density at radius 1 is 1.50 bits per heavy atom. The average Bonchev–Trinajstić information content (AvgIpc) is 1.98. The smallest absolute Gasteiger partial charge is 0.407 e. The van der Waals surface area contributed by atoms with Crippen LogP contribution >= 0.6 is 11.9 Å². The van der Waals surface area contributed by atoms with Gasteiger partial charge in [-0.05, 0) is 34.0 Å². The molecule has 5 heteroatoms. The minimum Gasteiger partial charge on any atom is -0.444 e. The summed E-state index contributed by atoms with van der Waals surface area (Å²) in [5.41, 5.74) is -0.430. The van der Waals surface area contributed by atoms with Crippen LogP contribution in [0.15, 0.2) is 0 Å². The first-order valence-electron chi connectivity index (χ1n) is 4.60. The molecule has 0 bridgehead atoms. The predicted molar refractivity (Wildman–Crippen MR) is 60.3 cm³/mol. The van der Waals surface area contributed by atoms with Crippen molar-refractivity contribution in [3.63, 3.8) is 0 Å². The highest BCUT2D eigenvalue weighted by molar-refractivity contribution is 7.96. The molecule has 0 aromatic rings. The third-order valence-electron chi connectivity index (χ3n) is 1.27. The van der Waals surface area contributed by atoms with E-state index in [9.17, 15) is 4.79 Å². The van der Waals surface area contributed by atoms with Crippen molar-refractivity contribution >= 4 is 18.0 Å². The Morgan fingerprint density at radius 3 is 2.50 bits per heavy atom. The predicted octanol–water partition coefficient (Wildman–Crippen LogP) is 1.77. The van der Waals surface area contributed by atoms with E-state index in [1.54, 1.807) is 0 Å². The molecule has 1 atom stereocenters. The van der Waals surface area contributed by atoms with Gasteiger partial charge >= 0.3 is 6.09 Å². The number of nitrogens with one attached hydrogen (secondary N) is 2. The Bertz CT molecular complexity index is 180. The molecular weight excluding hydrogens is 200 g/mol. The van der Waals surface area contributed by atoms with E-state index in [-0.39, 0.29) is 12.1 Å². The lowest BCUT2D eigenvalue weighted by Crippen LogP contribution is -2.39. The Balaban J connectivity index is 3.64. The Labute approximate surface area is 90.3 Å². The van der Waals surface area contributed by atoms with Gasteiger partial charge < -0.3 is 10.1 Å². The topological polar surface area (TPSA) is 50.4 Å². The van der Waals surface area contributed by atoms with Gasteiger partial charge in [0.05, 0.1) is 0 Å². The van der Waals surface area contributed by atoms with Crippen molar-refractivity contribution in [3.05, 3.63) is 0 Å². The number of ether oxygens (including phenoxy) is 1. The molecule has 0 aromatic carbocycles. The van der Waals surface area contributed by atoms with Crippen molar-refractivity contribution < 1.29 is 9.53 Å². The van der Waals surface area contributed by atoms with Crippen molar-refractivity contribution in [2.24, 2.45) is 0 Å². The lowest BCUT2D eigenvalue weighted by molar-refractivity contribution is 0.0524. The average molecular weight is 220 g/mol. The second-order valence-corrected chi connectivity index (χ2v) is 4.75. The zero-order valence-electron chi connectivity index (χ0n) is 9.51. The van der Waals surface area contributed by atoms with Gasteiger partial charge in [-0.15, -0.1) is 0 Å². The molecule has 0 aliphatic heterocycles. The minimum atomic E-state index is -0.430. The summed E-state index contributed by atoms with van der Waals surface area (Å²) in [7, 11) is 0. The van der Waals surface area contributed by atoms with E-state index in [2.05, 4.69) is 10.0 Å². The Morgan fingerprint density at radius 2 is 2.07 bits per heavy atom. The number of carbonyl (C=O) groups is 1. The van der Waals surface area contributed by atoms with Crippen LogP contribution in [0.5, 0.6) is 0 Å². The fraction of sp³-hybridized carbons (Fsp3) is 0.889. The SMILES string of the molecule is CSNC(C)CNC(=O)OC(C)(C)C. The minimum absolute atomic E-state index is 0.234. The van der Waals surface area contributed by atoms with E-state index >= 15 is 0 Å². The van der Waals surface area contributed by atoms with Crippen LogP contribution in [0, 0.1) is 0 Å². The van der Waals surface area contributed by atoms with Gasteiger partial charge in [0.1, 0.15) is 5.60 Å². The van der Waals surface area contributed by atoms with Crippen LogP contribution in [-0.2, 0) is 4.74 Å². The van der Waals surface area contributed by atoms with Crippen molar-refractivity contribution in [1.29, 1.82) is 0 Å². The van der Waals surface area contributed by atoms with Gasteiger partial charge in [0.25, 0.3) is 0 Å². The van der Waals surface area contributed by atoms with E-state index in [0.29, 0.717) is 6.54 Å². The van der Waals surface area contributed by atoms with Crippen molar-refractivity contribution in [2.45, 2.75) is 39.3 Å². The van der Waals surface area contributed by atoms with Crippen LogP contribution in [0.25, 0.3) is 0 Å². The van der Waals surface area contributed by atoms with Crippen LogP contribution in [0.3, 0.4) is 0 Å². The van der Waals surface area contributed by atoms with Crippen LogP contribution in [-0.4, -0.2) is 30.5 Å². The highest BCUT2D eigenvalue weighted by Gasteiger charge is 2.16. The molecule has 0 fully saturated rings. The fourth-order valence-electron chi connectivity index (χ4n) is 0.793. The highest BCUT2D eigenvalue weighted by Crippen LogP contribution is 2.06. The molecule has 0 rings (SSSR count). The van der Waals surface area contributed by atoms with Gasteiger partial charge in [0.2, 0.25) is 0 Å². The quantitative estimate of drug-likeness (QED) is 0.709. The van der Waals surface area contributed by atoms with Gasteiger partial charge in [-0.25, -0.2) is 4.79 Å². The second kappa shape index (κ2) is 6.14. The Hall–Kier alpha value is -0.420. The first-order valence-corrected chi connectivity index (χ1v) is 5.83. The van der Waals surface area contributed by atoms with Gasteiger partial charge in [0.15, 0.2) is 0 Å². The molecule has 0 aliphatic rings. The van der Waals surface area contributed by atoms with Crippen molar-refractivity contribution in [3.8, 4) is 0 Å². The number of alkyl carbamates (subject to hydrolysis) is 1. The number of amides is 1. The van der Waals surface area contributed by atoms with Gasteiger partial charge in [0, 0.05) is 12.6 Å². The molecule has 2 N–H and O–H groups in total. The third-order valence-corrected chi connectivity index (χ3v) is 1.91. The number of rotatable bonds is 4. The summed E-state index contributed by atoms with van der Waals surface area (Å²) >= 11 is 1.53. The fourth-order valence-corrected chi connectivity index (χ4v) is 1.28. The molecule has 0 aliphatic carbocycles. The molecule has 0 radical (unpaired) electrons. The maximum Gasteiger partial charge on any atom is 0.407 e. The summed E-state index contributed by atoms with van der Waals surface area (Å²) in [4.78, 5) is 11.2. The van der Waals surface area contributed by atoms with E-state index in [0.717, 1.165) is 0 Å². The normalized spacial score (nSPS) is 13.5.